The van der Waals surface area contributed by atoms with E-state index in [2.05, 4.69) is 15.1 Å². The number of fused-ring (bicyclic) bond motifs is 1. The van der Waals surface area contributed by atoms with E-state index in [9.17, 15) is 4.79 Å². The molecule has 21 heavy (non-hydrogen) atoms. The minimum atomic E-state index is -0.392. The second-order valence-corrected chi connectivity index (χ2v) is 4.85. The molecule has 0 bridgehead atoms. The van der Waals surface area contributed by atoms with Gasteiger partial charge in [0.15, 0.2) is 5.82 Å². The molecule has 0 fully saturated rings. The first kappa shape index (κ1) is 13.4. The number of ether oxygens (including phenoxy) is 1. The largest absolute Gasteiger partial charge is 0.462 e. The Kier molecular flexibility index (Phi) is 3.47. The smallest absolute Gasteiger partial charge is 0.340 e. The molecule has 2 heterocycles. The van der Waals surface area contributed by atoms with Crippen molar-refractivity contribution in [2.75, 3.05) is 23.8 Å². The fraction of sp³-hybridized carbons (Fsp3) is 0.357. The highest BCUT2D eigenvalue weighted by Crippen LogP contribution is 2.25. The summed E-state index contributed by atoms with van der Waals surface area (Å²) in [6.07, 6.45) is 1.74. The molecular weight excluding hydrogens is 270 g/mol. The predicted octanol–water partition coefficient (Wildman–Crippen LogP) is 1.06. The first-order valence-electron chi connectivity index (χ1n) is 6.87. The molecule has 2 N–H and O–H groups in total. The highest BCUT2D eigenvalue weighted by molar-refractivity contribution is 5.96. The lowest BCUT2D eigenvalue weighted by Gasteiger charge is -2.29. The van der Waals surface area contributed by atoms with Gasteiger partial charge in [0.1, 0.15) is 6.33 Å². The van der Waals surface area contributed by atoms with Crippen molar-refractivity contribution < 1.29 is 9.53 Å². The summed E-state index contributed by atoms with van der Waals surface area (Å²) in [6, 6.07) is 5.42. The van der Waals surface area contributed by atoms with Crippen molar-refractivity contribution in [3.05, 3.63) is 35.9 Å². The zero-order valence-electron chi connectivity index (χ0n) is 11.8. The maximum atomic E-state index is 11.9. The lowest BCUT2D eigenvalue weighted by atomic mass is 10.1. The molecule has 7 heteroatoms. The summed E-state index contributed by atoms with van der Waals surface area (Å²) in [4.78, 5) is 14.1. The number of anilines is 2. The lowest BCUT2D eigenvalue weighted by Crippen LogP contribution is -2.33. The molecule has 2 aromatic rings. The molecule has 0 amide bonds. The van der Waals surface area contributed by atoms with Gasteiger partial charge in [0.25, 0.3) is 0 Å². The van der Waals surface area contributed by atoms with Gasteiger partial charge in [0.2, 0.25) is 0 Å². The Balaban J connectivity index is 1.86. The highest BCUT2D eigenvalue weighted by atomic mass is 16.5. The van der Waals surface area contributed by atoms with Crippen LogP contribution in [0.4, 0.5) is 11.4 Å². The molecule has 3 rings (SSSR count). The molecule has 110 valence electrons. The fourth-order valence-corrected chi connectivity index (χ4v) is 2.41. The number of hydrogen-bond acceptors (Lipinski definition) is 6. The van der Waals surface area contributed by atoms with Crippen LogP contribution in [-0.2, 0) is 17.8 Å². The highest BCUT2D eigenvalue weighted by Gasteiger charge is 2.20. The van der Waals surface area contributed by atoms with E-state index < -0.39 is 5.97 Å². The quantitative estimate of drug-likeness (QED) is 0.671. The van der Waals surface area contributed by atoms with Crippen LogP contribution >= 0.6 is 0 Å². The standard InChI is InChI=1S/C14H17N5O2/c1-2-21-14(20)11-7-10(3-4-12(11)15)18-5-6-19-9-16-17-13(19)8-18/h3-4,7,9H,2,5-6,8,15H2,1H3. The van der Waals surface area contributed by atoms with Gasteiger partial charge in [0, 0.05) is 24.5 Å². The van der Waals surface area contributed by atoms with E-state index in [4.69, 9.17) is 10.5 Å². The summed E-state index contributed by atoms with van der Waals surface area (Å²) < 4.78 is 7.06. The summed E-state index contributed by atoms with van der Waals surface area (Å²) in [7, 11) is 0. The summed E-state index contributed by atoms with van der Waals surface area (Å²) in [6.45, 7) is 4.41. The number of carbonyl (C=O) groups is 1. The molecule has 7 nitrogen and oxygen atoms in total. The first-order chi connectivity index (χ1) is 10.2. The van der Waals surface area contributed by atoms with Crippen LogP contribution in [0.15, 0.2) is 24.5 Å². The van der Waals surface area contributed by atoms with Gasteiger partial charge in [-0.1, -0.05) is 0 Å². The van der Waals surface area contributed by atoms with Crippen molar-refractivity contribution >= 4 is 17.3 Å². The zero-order valence-corrected chi connectivity index (χ0v) is 11.8. The Morgan fingerprint density at radius 2 is 2.29 bits per heavy atom. The third-order valence-corrected chi connectivity index (χ3v) is 3.54. The molecule has 1 aromatic carbocycles. The van der Waals surface area contributed by atoms with Gasteiger partial charge in [-0.15, -0.1) is 10.2 Å². The number of nitrogen functional groups attached to an aromatic ring is 1. The van der Waals surface area contributed by atoms with E-state index in [1.165, 1.54) is 0 Å². The van der Waals surface area contributed by atoms with Crippen molar-refractivity contribution in [1.29, 1.82) is 0 Å². The normalized spacial score (nSPS) is 13.9. The summed E-state index contributed by atoms with van der Waals surface area (Å²) in [5.41, 5.74) is 7.63. The molecule has 0 spiro atoms. The molecule has 1 aliphatic heterocycles. The van der Waals surface area contributed by atoms with Gasteiger partial charge in [-0.3, -0.25) is 0 Å². The molecule has 0 atom stereocenters. The average Bonchev–Trinajstić information content (AvgIpc) is 2.95. The van der Waals surface area contributed by atoms with Crippen LogP contribution in [0.25, 0.3) is 0 Å². The number of rotatable bonds is 3. The van der Waals surface area contributed by atoms with Crippen LogP contribution < -0.4 is 10.6 Å². The van der Waals surface area contributed by atoms with Crippen LogP contribution in [0.2, 0.25) is 0 Å². The van der Waals surface area contributed by atoms with E-state index in [0.717, 1.165) is 24.6 Å². The number of aromatic nitrogens is 3. The predicted molar refractivity (Wildman–Crippen MR) is 77.9 cm³/mol. The van der Waals surface area contributed by atoms with Crippen LogP contribution in [0.3, 0.4) is 0 Å². The molecular formula is C14H17N5O2. The number of benzene rings is 1. The van der Waals surface area contributed by atoms with Crippen molar-refractivity contribution in [2.45, 2.75) is 20.0 Å². The number of hydrogen-bond donors (Lipinski definition) is 1. The second-order valence-electron chi connectivity index (χ2n) is 4.85. The van der Waals surface area contributed by atoms with Crippen LogP contribution in [0.1, 0.15) is 23.1 Å². The van der Waals surface area contributed by atoms with Crippen molar-refractivity contribution in [2.24, 2.45) is 0 Å². The topological polar surface area (TPSA) is 86.3 Å². The zero-order chi connectivity index (χ0) is 14.8. The monoisotopic (exact) mass is 287 g/mol. The number of nitrogens with zero attached hydrogens (tertiary/aromatic N) is 4. The third-order valence-electron chi connectivity index (χ3n) is 3.54. The van der Waals surface area contributed by atoms with E-state index in [1.807, 2.05) is 10.6 Å². The van der Waals surface area contributed by atoms with E-state index in [-0.39, 0.29) is 0 Å². The SMILES string of the molecule is CCOC(=O)c1cc(N2CCn3cnnc3C2)ccc1N. The summed E-state index contributed by atoms with van der Waals surface area (Å²) >= 11 is 0. The summed E-state index contributed by atoms with van der Waals surface area (Å²) in [5.74, 6) is 0.521. The Bertz CT molecular complexity index is 667. The van der Waals surface area contributed by atoms with Crippen LogP contribution in [-0.4, -0.2) is 33.9 Å². The maximum absolute atomic E-state index is 11.9. The Labute approximate surface area is 122 Å². The van der Waals surface area contributed by atoms with E-state index in [0.29, 0.717) is 24.4 Å². The minimum absolute atomic E-state index is 0.329. The first-order valence-corrected chi connectivity index (χ1v) is 6.87. The lowest BCUT2D eigenvalue weighted by molar-refractivity contribution is 0.0527. The van der Waals surface area contributed by atoms with Crippen LogP contribution in [0.5, 0.6) is 0 Å². The number of esters is 1. The molecule has 0 saturated heterocycles. The van der Waals surface area contributed by atoms with Crippen molar-refractivity contribution in [3.63, 3.8) is 0 Å². The van der Waals surface area contributed by atoms with Gasteiger partial charge in [0.05, 0.1) is 18.7 Å². The molecule has 1 aliphatic rings. The Morgan fingerprint density at radius 3 is 3.10 bits per heavy atom. The van der Waals surface area contributed by atoms with E-state index in [1.54, 1.807) is 25.4 Å². The number of carbonyl (C=O) groups excluding carboxylic acids is 1. The molecule has 0 aliphatic carbocycles. The number of nitrogens with two attached hydrogens (primary N) is 1. The van der Waals surface area contributed by atoms with Gasteiger partial charge in [-0.25, -0.2) is 4.79 Å². The van der Waals surface area contributed by atoms with Crippen molar-refractivity contribution in [1.82, 2.24) is 14.8 Å². The second kappa shape index (κ2) is 5.43. The Morgan fingerprint density at radius 1 is 1.43 bits per heavy atom. The maximum Gasteiger partial charge on any atom is 0.340 e. The van der Waals surface area contributed by atoms with Crippen molar-refractivity contribution in [3.8, 4) is 0 Å². The molecule has 0 saturated carbocycles. The van der Waals surface area contributed by atoms with Gasteiger partial charge >= 0.3 is 5.97 Å². The fourth-order valence-electron chi connectivity index (χ4n) is 2.41. The van der Waals surface area contributed by atoms with Gasteiger partial charge < -0.3 is 19.9 Å². The minimum Gasteiger partial charge on any atom is -0.462 e. The van der Waals surface area contributed by atoms with E-state index >= 15 is 0 Å². The molecule has 1 aromatic heterocycles. The third kappa shape index (κ3) is 2.54. The van der Waals surface area contributed by atoms with Crippen LogP contribution in [0, 0.1) is 0 Å². The average molecular weight is 287 g/mol. The molecule has 0 unspecified atom stereocenters. The summed E-state index contributed by atoms with van der Waals surface area (Å²) in [5, 5.41) is 8.00. The Hall–Kier alpha value is -2.57. The van der Waals surface area contributed by atoms with Gasteiger partial charge in [-0.2, -0.15) is 0 Å². The molecule has 0 radical (unpaired) electrons. The van der Waals surface area contributed by atoms with Gasteiger partial charge in [-0.05, 0) is 25.1 Å².